The van der Waals surface area contributed by atoms with Gasteiger partial charge in [0.1, 0.15) is 11.9 Å². The monoisotopic (exact) mass is 522 g/mol. The average Bonchev–Trinajstić information content (AvgIpc) is 3.23. The van der Waals surface area contributed by atoms with Gasteiger partial charge in [0.15, 0.2) is 0 Å². The van der Waals surface area contributed by atoms with Crippen LogP contribution in [0.1, 0.15) is 50.2 Å². The molecule has 1 aromatic heterocycles. The second-order valence-electron chi connectivity index (χ2n) is 9.77. The molecule has 194 valence electrons. The average molecular weight is 523 g/mol. The summed E-state index contributed by atoms with van der Waals surface area (Å²) >= 11 is 0. The Bertz CT molecular complexity index is 1700. The van der Waals surface area contributed by atoms with E-state index in [1.54, 1.807) is 36.4 Å². The van der Waals surface area contributed by atoms with Gasteiger partial charge in [-0.3, -0.25) is 24.5 Å². The lowest BCUT2D eigenvalue weighted by Gasteiger charge is -2.29. The highest BCUT2D eigenvalue weighted by Crippen LogP contribution is 2.34. The van der Waals surface area contributed by atoms with Gasteiger partial charge in [-0.2, -0.15) is 0 Å². The van der Waals surface area contributed by atoms with E-state index in [1.807, 2.05) is 18.2 Å². The van der Waals surface area contributed by atoms with Crippen molar-refractivity contribution in [1.82, 2.24) is 15.2 Å². The number of carbonyl (C=O) groups is 4. The fourth-order valence-corrected chi connectivity index (χ4v) is 5.49. The van der Waals surface area contributed by atoms with E-state index < -0.39 is 17.9 Å². The second kappa shape index (κ2) is 9.43. The highest BCUT2D eigenvalue weighted by atomic mass is 19.1. The highest BCUT2D eigenvalue weighted by Gasteiger charge is 2.39. The molecule has 3 aromatic carbocycles. The number of pyridine rings is 1. The molecule has 0 spiro atoms. The molecule has 0 radical (unpaired) electrons. The summed E-state index contributed by atoms with van der Waals surface area (Å²) in [5.74, 6) is -2.06. The van der Waals surface area contributed by atoms with Crippen LogP contribution in [0.2, 0.25) is 0 Å². The smallest absolute Gasteiger partial charge is 0.255 e. The Labute approximate surface area is 222 Å². The van der Waals surface area contributed by atoms with Crippen LogP contribution in [0.15, 0.2) is 66.7 Å². The maximum absolute atomic E-state index is 13.7. The van der Waals surface area contributed by atoms with E-state index >= 15 is 0 Å². The van der Waals surface area contributed by atoms with Crippen LogP contribution >= 0.6 is 0 Å². The van der Waals surface area contributed by atoms with Gasteiger partial charge in [0.2, 0.25) is 17.7 Å². The number of nitrogens with zero attached hydrogens (tertiary/aromatic N) is 2. The van der Waals surface area contributed by atoms with E-state index in [0.29, 0.717) is 38.9 Å². The number of fused-ring (bicyclic) bond motifs is 2. The van der Waals surface area contributed by atoms with Gasteiger partial charge in [0.05, 0.1) is 16.8 Å². The number of hydrogen-bond acceptors (Lipinski definition) is 5. The second-order valence-corrected chi connectivity index (χ2v) is 9.77. The molecule has 4 aromatic rings. The van der Waals surface area contributed by atoms with Gasteiger partial charge in [-0.05, 0) is 59.5 Å². The number of piperidine rings is 1. The van der Waals surface area contributed by atoms with E-state index in [4.69, 9.17) is 10.7 Å². The largest absolute Gasteiger partial charge is 0.366 e. The minimum absolute atomic E-state index is 0.179. The summed E-state index contributed by atoms with van der Waals surface area (Å²) in [4.78, 5) is 56.2. The molecule has 4 amide bonds. The maximum atomic E-state index is 13.7. The van der Waals surface area contributed by atoms with Crippen LogP contribution < -0.4 is 11.1 Å². The lowest BCUT2D eigenvalue weighted by atomic mass is 9.91. The summed E-state index contributed by atoms with van der Waals surface area (Å²) in [6.07, 6.45) is 0.741. The predicted molar refractivity (Wildman–Crippen MR) is 141 cm³/mol. The van der Waals surface area contributed by atoms with Crippen molar-refractivity contribution >= 4 is 34.5 Å². The van der Waals surface area contributed by atoms with Crippen molar-refractivity contribution in [3.05, 3.63) is 100 Å². The van der Waals surface area contributed by atoms with Gasteiger partial charge in [-0.25, -0.2) is 9.37 Å². The molecule has 39 heavy (non-hydrogen) atoms. The first-order valence-electron chi connectivity index (χ1n) is 12.5. The summed E-state index contributed by atoms with van der Waals surface area (Å²) in [5, 5.41) is 2.93. The number of halogens is 1. The van der Waals surface area contributed by atoms with Crippen LogP contribution in [0.5, 0.6) is 0 Å². The molecule has 1 saturated heterocycles. The van der Waals surface area contributed by atoms with E-state index in [1.165, 1.54) is 17.0 Å². The van der Waals surface area contributed by atoms with Gasteiger partial charge in [-0.15, -0.1) is 0 Å². The number of amides is 4. The first-order valence-corrected chi connectivity index (χ1v) is 12.5. The molecule has 1 fully saturated rings. The number of nitrogens with one attached hydrogen (secondary N) is 1. The van der Waals surface area contributed by atoms with E-state index in [0.717, 1.165) is 11.1 Å². The lowest BCUT2D eigenvalue weighted by molar-refractivity contribution is -0.136. The molecule has 3 heterocycles. The Balaban J connectivity index is 1.41. The van der Waals surface area contributed by atoms with Crippen LogP contribution in [0.3, 0.4) is 0 Å². The quantitative estimate of drug-likeness (QED) is 0.389. The molecule has 2 aliphatic rings. The third kappa shape index (κ3) is 4.31. The molecule has 1 atom stereocenters. The van der Waals surface area contributed by atoms with E-state index in [2.05, 4.69) is 5.32 Å². The molecule has 2 aliphatic heterocycles. The normalized spacial score (nSPS) is 16.9. The third-order valence-electron chi connectivity index (χ3n) is 7.33. The number of primary amides is 1. The number of hydrogen-bond donors (Lipinski definition) is 2. The zero-order valence-electron chi connectivity index (χ0n) is 20.7. The van der Waals surface area contributed by atoms with Gasteiger partial charge < -0.3 is 10.6 Å². The number of rotatable bonds is 5. The first kappa shape index (κ1) is 24.4. The van der Waals surface area contributed by atoms with Crippen molar-refractivity contribution in [2.75, 3.05) is 0 Å². The van der Waals surface area contributed by atoms with Gasteiger partial charge in [0.25, 0.3) is 5.91 Å². The molecule has 1 unspecified atom stereocenters. The Hall–Kier alpha value is -4.92. The third-order valence-corrected chi connectivity index (χ3v) is 7.33. The maximum Gasteiger partial charge on any atom is 0.255 e. The minimum atomic E-state index is -0.706. The van der Waals surface area contributed by atoms with Crippen LogP contribution in [0, 0.1) is 5.82 Å². The number of aromatic nitrogens is 1. The minimum Gasteiger partial charge on any atom is -0.366 e. The van der Waals surface area contributed by atoms with E-state index in [-0.39, 0.29) is 43.4 Å². The van der Waals surface area contributed by atoms with Gasteiger partial charge in [0, 0.05) is 35.9 Å². The van der Waals surface area contributed by atoms with Crippen LogP contribution in [0.25, 0.3) is 22.2 Å². The molecule has 0 aliphatic carbocycles. The Morgan fingerprint density at radius 3 is 2.56 bits per heavy atom. The molecular formula is C30H23FN4O4. The summed E-state index contributed by atoms with van der Waals surface area (Å²) < 4.78 is 13.7. The van der Waals surface area contributed by atoms with Gasteiger partial charge >= 0.3 is 0 Å². The number of nitrogens with two attached hydrogens (primary N) is 1. The standard InChI is InChI=1S/C30H23FN4O4/c31-19-8-6-17(7-9-19)27-22(26(28(32)37)21-3-1-2-4-23(21)33-27)14-16-5-10-20-18(13-16)15-35(30(20)39)24-11-12-25(36)34-29(24)38/h1-10,13,24H,11-12,14-15H2,(H2,32,37)(H,34,36,38). The zero-order valence-corrected chi connectivity index (χ0v) is 20.7. The zero-order chi connectivity index (χ0) is 27.3. The molecular weight excluding hydrogens is 499 g/mol. The summed E-state index contributed by atoms with van der Waals surface area (Å²) in [5.41, 5.74) is 10.6. The van der Waals surface area contributed by atoms with Crippen molar-refractivity contribution < 1.29 is 23.6 Å². The molecule has 0 bridgehead atoms. The Morgan fingerprint density at radius 1 is 1.05 bits per heavy atom. The molecule has 6 rings (SSSR count). The van der Waals surface area contributed by atoms with Crippen molar-refractivity contribution in [2.24, 2.45) is 5.73 Å². The SMILES string of the molecule is NC(=O)c1c(Cc2ccc3c(c2)CN(C2CCC(=O)NC2=O)C3=O)c(-c2ccc(F)cc2)nc2ccccc12. The number of benzene rings is 3. The topological polar surface area (TPSA) is 122 Å². The number of para-hydroxylation sites is 1. The Morgan fingerprint density at radius 2 is 1.82 bits per heavy atom. The predicted octanol–water partition coefficient (Wildman–Crippen LogP) is 3.49. The highest BCUT2D eigenvalue weighted by molar-refractivity contribution is 6.08. The van der Waals surface area contributed by atoms with Crippen LogP contribution in [0.4, 0.5) is 4.39 Å². The molecule has 3 N–H and O–H groups in total. The molecule has 9 heteroatoms. The number of imide groups is 1. The fraction of sp³-hybridized carbons (Fsp3) is 0.167. The lowest BCUT2D eigenvalue weighted by Crippen LogP contribution is -2.52. The summed E-state index contributed by atoms with van der Waals surface area (Å²) in [6, 6.07) is 17.8. The fourth-order valence-electron chi connectivity index (χ4n) is 5.49. The first-order chi connectivity index (χ1) is 18.8. The summed E-state index contributed by atoms with van der Waals surface area (Å²) in [6.45, 7) is 0.234. The molecule has 8 nitrogen and oxygen atoms in total. The van der Waals surface area contributed by atoms with E-state index in [9.17, 15) is 23.6 Å². The summed E-state index contributed by atoms with van der Waals surface area (Å²) in [7, 11) is 0. The molecule has 0 saturated carbocycles. The number of carbonyl (C=O) groups excluding carboxylic acids is 4. The van der Waals surface area contributed by atoms with Gasteiger partial charge in [-0.1, -0.05) is 30.3 Å². The van der Waals surface area contributed by atoms with Crippen molar-refractivity contribution in [3.63, 3.8) is 0 Å². The van der Waals surface area contributed by atoms with Crippen LogP contribution in [-0.2, 0) is 22.6 Å². The van der Waals surface area contributed by atoms with Crippen molar-refractivity contribution in [2.45, 2.75) is 31.8 Å². The van der Waals surface area contributed by atoms with Crippen LogP contribution in [-0.4, -0.2) is 39.6 Å². The van der Waals surface area contributed by atoms with Crippen molar-refractivity contribution in [3.8, 4) is 11.3 Å². The Kier molecular flexibility index (Phi) is 5.91. The van der Waals surface area contributed by atoms with Crippen molar-refractivity contribution in [1.29, 1.82) is 0 Å².